The summed E-state index contributed by atoms with van der Waals surface area (Å²) in [6.45, 7) is 4.83. The summed E-state index contributed by atoms with van der Waals surface area (Å²) < 4.78 is 27.6. The van der Waals surface area contributed by atoms with Crippen molar-refractivity contribution in [2.45, 2.75) is 84.5 Å². The van der Waals surface area contributed by atoms with Crippen molar-refractivity contribution in [2.24, 2.45) is 5.73 Å². The molecule has 124 valence electrons. The molecule has 5 heteroatoms. The number of nitrogens with two attached hydrogens (primary N) is 1. The summed E-state index contributed by atoms with van der Waals surface area (Å²) in [5.74, 6) is -0.132. The fourth-order valence-corrected chi connectivity index (χ4v) is 2.41. The van der Waals surface area contributed by atoms with Gasteiger partial charge < -0.3 is 5.73 Å². The zero-order valence-corrected chi connectivity index (χ0v) is 14.3. The number of rotatable bonds is 12. The number of hydrogen-bond donors (Lipinski definition) is 2. The predicted molar refractivity (Wildman–Crippen MR) is 87.6 cm³/mol. The van der Waals surface area contributed by atoms with Crippen molar-refractivity contribution in [3.63, 3.8) is 0 Å². The monoisotopic (exact) mass is 309 g/mol. The van der Waals surface area contributed by atoms with Crippen LogP contribution in [0.15, 0.2) is 0 Å². The highest BCUT2D eigenvalue weighted by Gasteiger charge is 1.98. The summed E-state index contributed by atoms with van der Waals surface area (Å²) in [4.78, 5) is 0. The summed E-state index contributed by atoms with van der Waals surface area (Å²) in [7, 11) is -3.67. The van der Waals surface area contributed by atoms with Crippen LogP contribution < -0.4 is 5.73 Å². The molecule has 0 atom stereocenters. The fraction of sp³-hybridized carbons (Fsp3) is 1.00. The van der Waals surface area contributed by atoms with E-state index in [1.54, 1.807) is 6.92 Å². The SMILES string of the molecule is CCCCCCCCCCCCN.CCCS(=O)(=O)O. The molecule has 0 aromatic rings. The maximum absolute atomic E-state index is 9.79. The Kier molecular flexibility index (Phi) is 18.7. The van der Waals surface area contributed by atoms with Crippen LogP contribution in [0, 0.1) is 0 Å². The first-order chi connectivity index (χ1) is 9.47. The van der Waals surface area contributed by atoms with Gasteiger partial charge in [0.2, 0.25) is 0 Å². The molecule has 0 aromatic carbocycles. The summed E-state index contributed by atoms with van der Waals surface area (Å²) >= 11 is 0. The summed E-state index contributed by atoms with van der Waals surface area (Å²) in [6.07, 6.45) is 14.4. The predicted octanol–water partition coefficient (Wildman–Crippen LogP) is 4.15. The van der Waals surface area contributed by atoms with E-state index in [0.29, 0.717) is 6.42 Å². The third kappa shape index (κ3) is 26.4. The van der Waals surface area contributed by atoms with E-state index in [2.05, 4.69) is 6.92 Å². The number of hydrogen-bond acceptors (Lipinski definition) is 3. The van der Waals surface area contributed by atoms with Gasteiger partial charge in [-0.2, -0.15) is 8.42 Å². The van der Waals surface area contributed by atoms with E-state index in [1.807, 2.05) is 0 Å². The second kappa shape index (κ2) is 16.9. The van der Waals surface area contributed by atoms with E-state index in [4.69, 9.17) is 10.3 Å². The second-order valence-electron chi connectivity index (χ2n) is 5.26. The van der Waals surface area contributed by atoms with Gasteiger partial charge in [-0.05, 0) is 19.4 Å². The molecule has 0 bridgehead atoms. The normalized spacial score (nSPS) is 11.0. The summed E-state index contributed by atoms with van der Waals surface area (Å²) in [5.41, 5.74) is 5.42. The van der Waals surface area contributed by atoms with Crippen LogP contribution in [-0.2, 0) is 10.1 Å². The van der Waals surface area contributed by atoms with Crippen molar-refractivity contribution in [1.29, 1.82) is 0 Å². The standard InChI is InChI=1S/C12H27N.C3H8O3S/c1-2-3-4-5-6-7-8-9-10-11-12-13;1-2-3-7(4,5)6/h2-13H2,1H3;2-3H2,1H3,(H,4,5,6). The van der Waals surface area contributed by atoms with Crippen LogP contribution in [0.2, 0.25) is 0 Å². The highest BCUT2D eigenvalue weighted by molar-refractivity contribution is 7.85. The van der Waals surface area contributed by atoms with Gasteiger partial charge in [-0.1, -0.05) is 71.6 Å². The molecule has 0 unspecified atom stereocenters. The Bertz CT molecular complexity index is 256. The average molecular weight is 310 g/mol. The smallest absolute Gasteiger partial charge is 0.264 e. The minimum absolute atomic E-state index is 0.132. The van der Waals surface area contributed by atoms with Crippen molar-refractivity contribution in [2.75, 3.05) is 12.3 Å². The third-order valence-corrected chi connectivity index (χ3v) is 3.94. The van der Waals surface area contributed by atoms with Crippen LogP contribution in [-0.4, -0.2) is 25.3 Å². The van der Waals surface area contributed by atoms with E-state index < -0.39 is 10.1 Å². The van der Waals surface area contributed by atoms with E-state index in [-0.39, 0.29) is 5.75 Å². The molecule has 0 amide bonds. The molecule has 0 aromatic heterocycles. The van der Waals surface area contributed by atoms with Gasteiger partial charge in [0.15, 0.2) is 0 Å². The second-order valence-corrected chi connectivity index (χ2v) is 6.83. The van der Waals surface area contributed by atoms with Gasteiger partial charge in [0, 0.05) is 0 Å². The molecular weight excluding hydrogens is 274 g/mol. The topological polar surface area (TPSA) is 80.4 Å². The Morgan fingerprint density at radius 2 is 1.15 bits per heavy atom. The van der Waals surface area contributed by atoms with Gasteiger partial charge in [-0.15, -0.1) is 0 Å². The Labute approximate surface area is 126 Å². The molecule has 0 spiro atoms. The van der Waals surface area contributed by atoms with Gasteiger partial charge in [0.25, 0.3) is 10.1 Å². The molecule has 3 N–H and O–H groups in total. The lowest BCUT2D eigenvalue weighted by molar-refractivity contribution is 0.482. The minimum atomic E-state index is -3.67. The van der Waals surface area contributed by atoms with Crippen LogP contribution in [0.3, 0.4) is 0 Å². The zero-order chi connectivity index (χ0) is 15.7. The maximum Gasteiger partial charge on any atom is 0.264 e. The van der Waals surface area contributed by atoms with Crippen molar-refractivity contribution >= 4 is 10.1 Å². The fourth-order valence-electron chi connectivity index (χ4n) is 1.89. The minimum Gasteiger partial charge on any atom is -0.330 e. The Balaban J connectivity index is 0. The summed E-state index contributed by atoms with van der Waals surface area (Å²) in [6, 6.07) is 0. The van der Waals surface area contributed by atoms with Crippen molar-refractivity contribution < 1.29 is 13.0 Å². The highest BCUT2D eigenvalue weighted by atomic mass is 32.2. The van der Waals surface area contributed by atoms with Crippen molar-refractivity contribution in [1.82, 2.24) is 0 Å². The first-order valence-electron chi connectivity index (χ1n) is 8.13. The lowest BCUT2D eigenvalue weighted by Crippen LogP contribution is -2.01. The third-order valence-electron chi connectivity index (χ3n) is 3.02. The van der Waals surface area contributed by atoms with Crippen LogP contribution >= 0.6 is 0 Å². The van der Waals surface area contributed by atoms with Crippen molar-refractivity contribution in [3.8, 4) is 0 Å². The molecule has 0 aliphatic carbocycles. The molecule has 0 rings (SSSR count). The Morgan fingerprint density at radius 3 is 1.40 bits per heavy atom. The molecule has 0 saturated heterocycles. The van der Waals surface area contributed by atoms with E-state index in [1.165, 1.54) is 64.2 Å². The maximum atomic E-state index is 9.79. The van der Waals surface area contributed by atoms with Crippen LogP contribution in [0.5, 0.6) is 0 Å². The average Bonchev–Trinajstić information content (AvgIpc) is 2.36. The van der Waals surface area contributed by atoms with Gasteiger partial charge in [0.05, 0.1) is 5.75 Å². The quantitative estimate of drug-likeness (QED) is 0.419. The largest absolute Gasteiger partial charge is 0.330 e. The van der Waals surface area contributed by atoms with E-state index in [0.717, 1.165) is 6.54 Å². The first kappa shape index (κ1) is 22.2. The lowest BCUT2D eigenvalue weighted by Gasteiger charge is -2.00. The van der Waals surface area contributed by atoms with Gasteiger partial charge >= 0.3 is 0 Å². The Hall–Kier alpha value is -0.130. The summed E-state index contributed by atoms with van der Waals surface area (Å²) in [5, 5.41) is 0. The van der Waals surface area contributed by atoms with E-state index >= 15 is 0 Å². The molecule has 4 nitrogen and oxygen atoms in total. The Morgan fingerprint density at radius 1 is 0.750 bits per heavy atom. The van der Waals surface area contributed by atoms with Gasteiger partial charge in [-0.3, -0.25) is 4.55 Å². The molecule has 0 radical (unpaired) electrons. The molecule has 0 saturated carbocycles. The molecule has 0 aliphatic rings. The molecule has 0 heterocycles. The van der Waals surface area contributed by atoms with Crippen molar-refractivity contribution in [3.05, 3.63) is 0 Å². The first-order valence-corrected chi connectivity index (χ1v) is 9.74. The highest BCUT2D eigenvalue weighted by Crippen LogP contribution is 2.09. The van der Waals surface area contributed by atoms with Gasteiger partial charge in [-0.25, -0.2) is 0 Å². The van der Waals surface area contributed by atoms with Crippen LogP contribution in [0.1, 0.15) is 84.5 Å². The lowest BCUT2D eigenvalue weighted by atomic mass is 10.1. The number of unbranched alkanes of at least 4 members (excludes halogenated alkanes) is 9. The molecule has 0 aliphatic heterocycles. The van der Waals surface area contributed by atoms with Crippen LogP contribution in [0.4, 0.5) is 0 Å². The molecule has 0 fully saturated rings. The van der Waals surface area contributed by atoms with E-state index in [9.17, 15) is 8.42 Å². The molecular formula is C15H35NO3S. The van der Waals surface area contributed by atoms with Crippen LogP contribution in [0.25, 0.3) is 0 Å². The van der Waals surface area contributed by atoms with Gasteiger partial charge in [0.1, 0.15) is 0 Å². The molecule has 20 heavy (non-hydrogen) atoms. The zero-order valence-electron chi connectivity index (χ0n) is 13.4.